The third-order valence-electron chi connectivity index (χ3n) is 3.92. The van der Waals surface area contributed by atoms with E-state index in [1.807, 2.05) is 11.6 Å². The van der Waals surface area contributed by atoms with Crippen LogP contribution in [0.4, 0.5) is 10.5 Å². The molecule has 0 bridgehead atoms. The van der Waals surface area contributed by atoms with Crippen molar-refractivity contribution >= 4 is 31.9 Å². The fourth-order valence-corrected chi connectivity index (χ4v) is 4.32. The molecule has 0 unspecified atom stereocenters. The van der Waals surface area contributed by atoms with Crippen LogP contribution in [0.1, 0.15) is 5.56 Å². The molecular formula is C20H18N2O6S2. The number of carbonyl (C=O) groups excluding carboxylic acids is 1. The van der Waals surface area contributed by atoms with Crippen molar-refractivity contribution in [2.45, 2.75) is 16.7 Å². The topological polar surface area (TPSA) is 119 Å². The number of nitrogens with one attached hydrogen (secondary N) is 2. The predicted molar refractivity (Wildman–Crippen MR) is 111 cm³/mol. The van der Waals surface area contributed by atoms with Crippen LogP contribution in [0.2, 0.25) is 0 Å². The lowest BCUT2D eigenvalue weighted by atomic mass is 10.2. The molecule has 0 aliphatic heterocycles. The van der Waals surface area contributed by atoms with Crippen LogP contribution in [0, 0.1) is 6.92 Å². The predicted octanol–water partition coefficient (Wildman–Crippen LogP) is 3.27. The van der Waals surface area contributed by atoms with Gasteiger partial charge in [0.25, 0.3) is 10.0 Å². The van der Waals surface area contributed by atoms with Gasteiger partial charge in [-0.2, -0.15) is 8.42 Å². The summed E-state index contributed by atoms with van der Waals surface area (Å²) < 4.78 is 56.6. The fourth-order valence-electron chi connectivity index (χ4n) is 2.44. The zero-order chi connectivity index (χ0) is 21.8. The summed E-state index contributed by atoms with van der Waals surface area (Å²) in [5.41, 5.74) is 0.862. The molecule has 2 amide bonds. The number of amides is 2. The van der Waals surface area contributed by atoms with Gasteiger partial charge in [-0.1, -0.05) is 48.0 Å². The lowest BCUT2D eigenvalue weighted by Gasteiger charge is -2.13. The number of benzene rings is 3. The fraction of sp³-hybridized carbons (Fsp3) is 0.0500. The highest BCUT2D eigenvalue weighted by Crippen LogP contribution is 2.27. The van der Waals surface area contributed by atoms with E-state index >= 15 is 0 Å². The first-order chi connectivity index (χ1) is 14.2. The molecule has 3 aromatic rings. The van der Waals surface area contributed by atoms with Crippen LogP contribution >= 0.6 is 0 Å². The van der Waals surface area contributed by atoms with E-state index < -0.39 is 26.2 Å². The second kappa shape index (κ2) is 8.56. The van der Waals surface area contributed by atoms with Gasteiger partial charge in [0.2, 0.25) is 0 Å². The molecule has 2 N–H and O–H groups in total. The van der Waals surface area contributed by atoms with E-state index in [0.29, 0.717) is 0 Å². The van der Waals surface area contributed by atoms with Crippen molar-refractivity contribution < 1.29 is 25.8 Å². The molecule has 0 aliphatic rings. The van der Waals surface area contributed by atoms with Crippen LogP contribution in [0.3, 0.4) is 0 Å². The Morgan fingerprint density at radius 1 is 0.767 bits per heavy atom. The summed E-state index contributed by atoms with van der Waals surface area (Å²) in [7, 11) is -8.25. The number of aryl methyl sites for hydroxylation is 1. The molecule has 3 rings (SSSR count). The number of rotatable bonds is 6. The van der Waals surface area contributed by atoms with Gasteiger partial charge >= 0.3 is 16.1 Å². The van der Waals surface area contributed by atoms with Gasteiger partial charge in [-0.05, 0) is 43.3 Å². The second-order valence-corrected chi connectivity index (χ2v) is 9.45. The molecule has 156 valence electrons. The highest BCUT2D eigenvalue weighted by molar-refractivity contribution is 7.90. The van der Waals surface area contributed by atoms with Gasteiger partial charge in [-0.3, -0.25) is 0 Å². The Morgan fingerprint density at radius 3 is 2.03 bits per heavy atom. The summed E-state index contributed by atoms with van der Waals surface area (Å²) in [5, 5.41) is 2.30. The molecule has 0 radical (unpaired) electrons. The molecule has 30 heavy (non-hydrogen) atoms. The first-order valence-electron chi connectivity index (χ1n) is 8.66. The molecule has 0 heterocycles. The maximum absolute atomic E-state index is 12.5. The van der Waals surface area contributed by atoms with Crippen LogP contribution in [-0.2, 0) is 20.1 Å². The first-order valence-corrected chi connectivity index (χ1v) is 11.6. The van der Waals surface area contributed by atoms with Gasteiger partial charge in [0.1, 0.15) is 4.90 Å². The maximum atomic E-state index is 12.5. The minimum absolute atomic E-state index is 0.0195. The van der Waals surface area contributed by atoms with Crippen molar-refractivity contribution in [3.05, 3.63) is 84.4 Å². The lowest BCUT2D eigenvalue weighted by Crippen LogP contribution is -2.34. The van der Waals surface area contributed by atoms with Crippen LogP contribution in [0.15, 0.2) is 88.7 Å². The highest BCUT2D eigenvalue weighted by Gasteiger charge is 2.21. The van der Waals surface area contributed by atoms with E-state index in [1.54, 1.807) is 18.2 Å². The average molecular weight is 447 g/mol. The van der Waals surface area contributed by atoms with Gasteiger partial charge in [-0.25, -0.2) is 17.9 Å². The number of sulfonamides is 1. The molecule has 10 heteroatoms. The number of para-hydroxylation sites is 2. The third kappa shape index (κ3) is 5.16. The number of urea groups is 1. The van der Waals surface area contributed by atoms with Crippen LogP contribution in [0.5, 0.6) is 5.75 Å². The molecule has 0 aliphatic carbocycles. The average Bonchev–Trinajstić information content (AvgIpc) is 2.70. The minimum atomic E-state index is -4.16. The lowest BCUT2D eigenvalue weighted by molar-refractivity contribution is 0.256. The number of hydrogen-bond acceptors (Lipinski definition) is 6. The van der Waals surface area contributed by atoms with Gasteiger partial charge in [0.15, 0.2) is 5.75 Å². The Bertz CT molecular complexity index is 1260. The summed E-state index contributed by atoms with van der Waals surface area (Å²) in [4.78, 5) is 12.1. The van der Waals surface area contributed by atoms with Crippen LogP contribution in [0.25, 0.3) is 0 Å². The Balaban J connectivity index is 1.78. The van der Waals surface area contributed by atoms with Crippen molar-refractivity contribution in [3.8, 4) is 5.75 Å². The molecule has 0 spiro atoms. The minimum Gasteiger partial charge on any atom is -0.377 e. The van der Waals surface area contributed by atoms with E-state index in [1.165, 1.54) is 60.7 Å². The third-order valence-corrected chi connectivity index (χ3v) is 6.52. The van der Waals surface area contributed by atoms with Crippen molar-refractivity contribution in [2.75, 3.05) is 5.32 Å². The van der Waals surface area contributed by atoms with Crippen molar-refractivity contribution in [1.29, 1.82) is 0 Å². The van der Waals surface area contributed by atoms with E-state index in [4.69, 9.17) is 4.18 Å². The van der Waals surface area contributed by atoms with E-state index in [9.17, 15) is 21.6 Å². The summed E-state index contributed by atoms with van der Waals surface area (Å²) in [6.07, 6.45) is 0. The second-order valence-electron chi connectivity index (χ2n) is 6.22. The van der Waals surface area contributed by atoms with Gasteiger partial charge < -0.3 is 9.50 Å². The van der Waals surface area contributed by atoms with Gasteiger partial charge in [-0.15, -0.1) is 0 Å². The monoisotopic (exact) mass is 446 g/mol. The zero-order valence-corrected chi connectivity index (χ0v) is 17.4. The summed E-state index contributed by atoms with van der Waals surface area (Å²) in [6, 6.07) is 18.1. The molecule has 0 saturated heterocycles. The van der Waals surface area contributed by atoms with Crippen molar-refractivity contribution in [1.82, 2.24) is 4.72 Å². The maximum Gasteiger partial charge on any atom is 0.339 e. The number of carbonyl (C=O) groups is 1. The van der Waals surface area contributed by atoms with E-state index in [0.717, 1.165) is 5.56 Å². The largest absolute Gasteiger partial charge is 0.377 e. The number of anilines is 1. The summed E-state index contributed by atoms with van der Waals surface area (Å²) in [6.45, 7) is 1.82. The quantitative estimate of drug-likeness (QED) is 0.561. The summed E-state index contributed by atoms with van der Waals surface area (Å²) in [5.74, 6) is -0.162. The molecule has 0 aromatic heterocycles. The molecule has 0 atom stereocenters. The molecule has 8 nitrogen and oxygen atoms in total. The van der Waals surface area contributed by atoms with Gasteiger partial charge in [0.05, 0.1) is 10.6 Å². The number of hydrogen-bond donors (Lipinski definition) is 2. The van der Waals surface area contributed by atoms with Crippen molar-refractivity contribution in [3.63, 3.8) is 0 Å². The Morgan fingerprint density at radius 2 is 1.37 bits per heavy atom. The van der Waals surface area contributed by atoms with E-state index in [-0.39, 0.29) is 21.2 Å². The first kappa shape index (κ1) is 21.3. The molecule has 0 fully saturated rings. The summed E-state index contributed by atoms with van der Waals surface area (Å²) >= 11 is 0. The smallest absolute Gasteiger partial charge is 0.339 e. The van der Waals surface area contributed by atoms with Crippen LogP contribution in [-0.4, -0.2) is 22.9 Å². The Hall–Kier alpha value is -3.37. The van der Waals surface area contributed by atoms with Crippen molar-refractivity contribution in [2.24, 2.45) is 0 Å². The molecular weight excluding hydrogens is 428 g/mol. The van der Waals surface area contributed by atoms with Gasteiger partial charge in [0, 0.05) is 0 Å². The van der Waals surface area contributed by atoms with E-state index in [2.05, 4.69) is 5.32 Å². The SMILES string of the molecule is Cc1ccc(S(=O)(=O)Oc2ccccc2NC(=O)NS(=O)(=O)c2ccccc2)cc1. The molecule has 0 saturated carbocycles. The molecule has 3 aromatic carbocycles. The standard InChI is InChI=1S/C20H18N2O6S2/c1-15-11-13-17(14-12-15)30(26,27)28-19-10-6-5-9-18(19)21-20(23)22-29(24,25)16-7-3-2-4-8-16/h2-14H,1H3,(H2,21,22,23). The normalized spacial score (nSPS) is 11.5. The van der Waals surface area contributed by atoms with Crippen LogP contribution < -0.4 is 14.2 Å². The Kier molecular flexibility index (Phi) is 6.09. The highest BCUT2D eigenvalue weighted by atomic mass is 32.2. The zero-order valence-electron chi connectivity index (χ0n) is 15.8. The Labute approximate surface area is 174 Å².